The van der Waals surface area contributed by atoms with Gasteiger partial charge in [-0.3, -0.25) is 0 Å². The fourth-order valence-corrected chi connectivity index (χ4v) is 3.26. The number of aliphatic hydroxyl groups excluding tert-OH is 1. The Balaban J connectivity index is 2.10. The van der Waals surface area contributed by atoms with Gasteiger partial charge in [0.15, 0.2) is 0 Å². The summed E-state index contributed by atoms with van der Waals surface area (Å²) < 4.78 is 6.22. The normalized spacial score (nSPS) is 26.1. The maximum atomic E-state index is 10.3. The molecule has 0 bridgehead atoms. The topological polar surface area (TPSA) is 29.5 Å². The average molecular weight is 290 g/mol. The van der Waals surface area contributed by atoms with Gasteiger partial charge >= 0.3 is 0 Å². The molecule has 1 aromatic rings. The fourth-order valence-electron chi connectivity index (χ4n) is 3.26. The summed E-state index contributed by atoms with van der Waals surface area (Å²) in [5, 5.41) is 10.3. The number of aryl methyl sites for hydroxylation is 1. The smallest absolute Gasteiger partial charge is 0.125 e. The van der Waals surface area contributed by atoms with E-state index in [9.17, 15) is 5.11 Å². The molecule has 1 aliphatic carbocycles. The molecule has 1 fully saturated rings. The highest BCUT2D eigenvalue weighted by Gasteiger charge is 2.30. The minimum Gasteiger partial charge on any atom is -0.487 e. The predicted molar refractivity (Wildman–Crippen MR) is 87.9 cm³/mol. The first-order valence-electron chi connectivity index (χ1n) is 8.46. The molecular weight excluding hydrogens is 260 g/mol. The van der Waals surface area contributed by atoms with Gasteiger partial charge in [0.2, 0.25) is 0 Å². The van der Waals surface area contributed by atoms with E-state index in [4.69, 9.17) is 4.74 Å². The highest BCUT2D eigenvalue weighted by molar-refractivity contribution is 5.38. The molecule has 0 radical (unpaired) electrons. The molecule has 1 aromatic carbocycles. The van der Waals surface area contributed by atoms with Gasteiger partial charge in [-0.2, -0.15) is 0 Å². The summed E-state index contributed by atoms with van der Waals surface area (Å²) in [5.41, 5.74) is 2.45. The van der Waals surface area contributed by atoms with Crippen molar-refractivity contribution >= 4 is 0 Å². The lowest BCUT2D eigenvalue weighted by Crippen LogP contribution is -2.38. The van der Waals surface area contributed by atoms with Crippen LogP contribution >= 0.6 is 0 Å². The van der Waals surface area contributed by atoms with Gasteiger partial charge < -0.3 is 9.84 Å². The summed E-state index contributed by atoms with van der Waals surface area (Å²) in [7, 11) is 0. The summed E-state index contributed by atoms with van der Waals surface area (Å²) in [6.45, 7) is 8.71. The summed E-state index contributed by atoms with van der Waals surface area (Å²) in [6.07, 6.45) is 5.10. The van der Waals surface area contributed by atoms with Crippen molar-refractivity contribution in [3.05, 3.63) is 29.3 Å². The second-order valence-corrected chi connectivity index (χ2v) is 6.87. The van der Waals surface area contributed by atoms with E-state index in [1.807, 2.05) is 0 Å². The molecule has 2 rings (SSSR count). The van der Waals surface area contributed by atoms with Crippen molar-refractivity contribution < 1.29 is 9.84 Å². The zero-order chi connectivity index (χ0) is 15.4. The van der Waals surface area contributed by atoms with Crippen molar-refractivity contribution in [1.29, 1.82) is 0 Å². The van der Waals surface area contributed by atoms with Crippen molar-refractivity contribution in [2.45, 2.75) is 77.9 Å². The first-order chi connectivity index (χ1) is 10.0. The summed E-state index contributed by atoms with van der Waals surface area (Å²) in [6, 6.07) is 6.45. The molecule has 0 aliphatic heterocycles. The van der Waals surface area contributed by atoms with E-state index >= 15 is 0 Å². The molecule has 2 heteroatoms. The zero-order valence-corrected chi connectivity index (χ0v) is 13.9. The van der Waals surface area contributed by atoms with Crippen LogP contribution in [0, 0.1) is 12.8 Å². The fraction of sp³-hybridized carbons (Fsp3) is 0.684. The Morgan fingerprint density at radius 3 is 2.71 bits per heavy atom. The summed E-state index contributed by atoms with van der Waals surface area (Å²) in [4.78, 5) is 0. The highest BCUT2D eigenvalue weighted by atomic mass is 16.5. The average Bonchev–Trinajstić information content (AvgIpc) is 2.45. The van der Waals surface area contributed by atoms with Crippen LogP contribution in [-0.4, -0.2) is 17.3 Å². The van der Waals surface area contributed by atoms with Gasteiger partial charge in [0, 0.05) is 0 Å². The van der Waals surface area contributed by atoms with Gasteiger partial charge in [0.05, 0.1) is 6.10 Å². The first kappa shape index (κ1) is 16.4. The number of aliphatic hydroxyl groups is 1. The van der Waals surface area contributed by atoms with Crippen LogP contribution < -0.4 is 4.74 Å². The van der Waals surface area contributed by atoms with Crippen molar-refractivity contribution in [2.75, 3.05) is 0 Å². The Labute approximate surface area is 129 Å². The number of benzene rings is 1. The Morgan fingerprint density at radius 1 is 1.29 bits per heavy atom. The molecule has 0 heterocycles. The highest BCUT2D eigenvalue weighted by Crippen LogP contribution is 2.33. The van der Waals surface area contributed by atoms with Crippen LogP contribution in [0.3, 0.4) is 0 Å². The molecule has 3 unspecified atom stereocenters. The van der Waals surface area contributed by atoms with E-state index < -0.39 is 0 Å². The van der Waals surface area contributed by atoms with Crippen molar-refractivity contribution in [1.82, 2.24) is 0 Å². The van der Waals surface area contributed by atoms with Gasteiger partial charge in [0.25, 0.3) is 0 Å². The maximum Gasteiger partial charge on any atom is 0.125 e. The Morgan fingerprint density at radius 2 is 2.05 bits per heavy atom. The van der Waals surface area contributed by atoms with Crippen LogP contribution in [0.25, 0.3) is 0 Å². The van der Waals surface area contributed by atoms with Crippen LogP contribution in [0.4, 0.5) is 0 Å². The van der Waals surface area contributed by atoms with Crippen molar-refractivity contribution in [2.24, 2.45) is 5.92 Å². The minimum atomic E-state index is -0.319. The standard InChI is InChI=1S/C19H30O2/c1-5-6-15-8-10-17(20)19(11-15)21-18-12-16(13(2)3)9-7-14(18)4/h7,9,12-13,15,17,19-20H,5-6,8,10-11H2,1-4H3. The van der Waals surface area contributed by atoms with E-state index in [1.54, 1.807) is 0 Å². The molecule has 0 spiro atoms. The number of hydrogen-bond donors (Lipinski definition) is 1. The van der Waals surface area contributed by atoms with Crippen LogP contribution in [0.1, 0.15) is 69.9 Å². The van der Waals surface area contributed by atoms with Gasteiger partial charge in [-0.05, 0) is 55.2 Å². The molecule has 118 valence electrons. The lowest BCUT2D eigenvalue weighted by atomic mass is 9.83. The third-order valence-corrected chi connectivity index (χ3v) is 4.72. The van der Waals surface area contributed by atoms with Crippen LogP contribution in [0.5, 0.6) is 5.75 Å². The monoisotopic (exact) mass is 290 g/mol. The quantitative estimate of drug-likeness (QED) is 0.842. The van der Waals surface area contributed by atoms with E-state index in [0.29, 0.717) is 11.8 Å². The van der Waals surface area contributed by atoms with Crippen LogP contribution in [0.15, 0.2) is 18.2 Å². The molecule has 1 N–H and O–H groups in total. The third-order valence-electron chi connectivity index (χ3n) is 4.72. The third kappa shape index (κ3) is 4.23. The molecular formula is C19H30O2. The number of hydrogen-bond acceptors (Lipinski definition) is 2. The SMILES string of the molecule is CCCC1CCC(O)C(Oc2cc(C(C)C)ccc2C)C1. The van der Waals surface area contributed by atoms with Gasteiger partial charge in [-0.1, -0.05) is 45.7 Å². The molecule has 0 amide bonds. The number of rotatable bonds is 5. The Kier molecular flexibility index (Phi) is 5.69. The molecule has 1 saturated carbocycles. The summed E-state index contributed by atoms with van der Waals surface area (Å²) in [5.74, 6) is 2.15. The molecule has 0 aromatic heterocycles. The number of ether oxygens (including phenoxy) is 1. The largest absolute Gasteiger partial charge is 0.487 e. The van der Waals surface area contributed by atoms with Gasteiger partial charge in [-0.15, -0.1) is 0 Å². The van der Waals surface area contributed by atoms with E-state index in [0.717, 1.165) is 30.6 Å². The van der Waals surface area contributed by atoms with E-state index in [2.05, 4.69) is 45.9 Å². The van der Waals surface area contributed by atoms with Crippen LogP contribution in [0.2, 0.25) is 0 Å². The second-order valence-electron chi connectivity index (χ2n) is 6.87. The van der Waals surface area contributed by atoms with Gasteiger partial charge in [0.1, 0.15) is 11.9 Å². The molecule has 3 atom stereocenters. The van der Waals surface area contributed by atoms with Crippen molar-refractivity contribution in [3.63, 3.8) is 0 Å². The maximum absolute atomic E-state index is 10.3. The van der Waals surface area contributed by atoms with E-state index in [1.165, 1.54) is 18.4 Å². The zero-order valence-electron chi connectivity index (χ0n) is 13.9. The van der Waals surface area contributed by atoms with Crippen LogP contribution in [-0.2, 0) is 0 Å². The predicted octanol–water partition coefficient (Wildman–Crippen LogP) is 4.83. The van der Waals surface area contributed by atoms with Gasteiger partial charge in [-0.25, -0.2) is 0 Å². The second kappa shape index (κ2) is 7.31. The Bertz CT molecular complexity index is 453. The molecule has 1 aliphatic rings. The molecule has 21 heavy (non-hydrogen) atoms. The lowest BCUT2D eigenvalue weighted by molar-refractivity contribution is -0.0120. The van der Waals surface area contributed by atoms with E-state index in [-0.39, 0.29) is 12.2 Å². The summed E-state index contributed by atoms with van der Waals surface area (Å²) >= 11 is 0. The molecule has 0 saturated heterocycles. The lowest BCUT2D eigenvalue weighted by Gasteiger charge is -2.34. The van der Waals surface area contributed by atoms with Crippen molar-refractivity contribution in [3.8, 4) is 5.75 Å². The Hall–Kier alpha value is -1.02. The molecule has 2 nitrogen and oxygen atoms in total. The first-order valence-corrected chi connectivity index (χ1v) is 8.46. The minimum absolute atomic E-state index is 0.0450.